The van der Waals surface area contributed by atoms with Crippen molar-refractivity contribution in [1.82, 2.24) is 5.43 Å². The minimum atomic E-state index is -0.427. The smallest absolute Gasteiger partial charge is 0.344 e. The van der Waals surface area contributed by atoms with E-state index in [-0.39, 0.29) is 12.5 Å². The number of carbonyl (C=O) groups excluding carboxylic acids is 2. The molecule has 0 saturated carbocycles. The van der Waals surface area contributed by atoms with E-state index in [1.54, 1.807) is 78.9 Å². The Bertz CT molecular complexity index is 1440. The van der Waals surface area contributed by atoms with E-state index in [0.717, 1.165) is 14.7 Å². The Kier molecular flexibility index (Phi) is 9.16. The summed E-state index contributed by atoms with van der Waals surface area (Å²) in [7, 11) is 0. The Labute approximate surface area is 237 Å². The molecule has 4 aromatic rings. The van der Waals surface area contributed by atoms with Crippen LogP contribution in [0.15, 0.2) is 96.1 Å². The third-order valence-corrected chi connectivity index (χ3v) is 6.62. The van der Waals surface area contributed by atoms with E-state index < -0.39 is 5.97 Å². The third kappa shape index (κ3) is 7.55. The summed E-state index contributed by atoms with van der Waals surface area (Å²) in [6.07, 6.45) is 1.50. The highest BCUT2D eigenvalue weighted by molar-refractivity contribution is 14.1. The highest BCUT2D eigenvalue weighted by atomic mass is 127. The molecule has 1 N–H and O–H groups in total. The number of benzene rings is 4. The Morgan fingerprint density at radius 1 is 0.892 bits per heavy atom. The molecule has 0 aromatic heterocycles. The summed E-state index contributed by atoms with van der Waals surface area (Å²) in [6.45, 7) is 0.273. The zero-order chi connectivity index (χ0) is 26.2. The van der Waals surface area contributed by atoms with Crippen LogP contribution >= 0.6 is 45.8 Å². The van der Waals surface area contributed by atoms with Crippen LogP contribution in [0.4, 0.5) is 0 Å². The van der Waals surface area contributed by atoms with E-state index in [0.29, 0.717) is 32.7 Å². The maximum absolute atomic E-state index is 12.4. The molecule has 186 valence electrons. The van der Waals surface area contributed by atoms with Gasteiger partial charge in [-0.25, -0.2) is 10.2 Å². The number of ether oxygens (including phenoxy) is 2. The SMILES string of the molecule is O=C(N/N=C\c1ccc(OC(=O)c2ccccc2I)cc1)c1ccc(OCc2ccc(Cl)cc2Cl)cc1. The Morgan fingerprint density at radius 2 is 1.59 bits per heavy atom. The van der Waals surface area contributed by atoms with Gasteiger partial charge in [0.15, 0.2) is 0 Å². The second-order valence-electron chi connectivity index (χ2n) is 7.69. The normalized spacial score (nSPS) is 10.8. The zero-order valence-electron chi connectivity index (χ0n) is 19.2. The van der Waals surface area contributed by atoms with Gasteiger partial charge in [0.05, 0.1) is 11.8 Å². The molecule has 0 radical (unpaired) electrons. The molecule has 0 saturated heterocycles. The number of hydrogen-bond donors (Lipinski definition) is 1. The molecule has 4 rings (SSSR count). The first-order valence-corrected chi connectivity index (χ1v) is 12.8. The first-order chi connectivity index (χ1) is 17.9. The summed E-state index contributed by atoms with van der Waals surface area (Å²) in [5, 5.41) is 5.08. The van der Waals surface area contributed by atoms with Gasteiger partial charge in [-0.2, -0.15) is 5.10 Å². The van der Waals surface area contributed by atoms with Crippen molar-refractivity contribution in [3.8, 4) is 11.5 Å². The molecule has 0 atom stereocenters. The molecule has 9 heteroatoms. The van der Waals surface area contributed by atoms with Crippen LogP contribution in [-0.4, -0.2) is 18.1 Å². The molecule has 0 aliphatic heterocycles. The lowest BCUT2D eigenvalue weighted by Crippen LogP contribution is -2.17. The number of rotatable bonds is 8. The van der Waals surface area contributed by atoms with Gasteiger partial charge in [0.25, 0.3) is 5.91 Å². The molecular formula is C28H19Cl2IN2O4. The second kappa shape index (κ2) is 12.7. The number of esters is 1. The molecule has 0 aliphatic carbocycles. The van der Waals surface area contributed by atoms with E-state index >= 15 is 0 Å². The van der Waals surface area contributed by atoms with Gasteiger partial charge in [-0.05, 0) is 101 Å². The van der Waals surface area contributed by atoms with Crippen LogP contribution in [0.2, 0.25) is 10.0 Å². The first kappa shape index (κ1) is 26.7. The van der Waals surface area contributed by atoms with E-state index in [4.69, 9.17) is 32.7 Å². The summed E-state index contributed by atoms with van der Waals surface area (Å²) in [6, 6.07) is 25.8. The molecule has 0 bridgehead atoms. The molecular weight excluding hydrogens is 626 g/mol. The lowest BCUT2D eigenvalue weighted by atomic mass is 10.2. The number of hydrazone groups is 1. The fraction of sp³-hybridized carbons (Fsp3) is 0.0357. The summed E-state index contributed by atoms with van der Waals surface area (Å²) in [5.41, 5.74) is 4.94. The number of nitrogens with one attached hydrogen (secondary N) is 1. The lowest BCUT2D eigenvalue weighted by Gasteiger charge is -2.08. The van der Waals surface area contributed by atoms with Gasteiger partial charge < -0.3 is 9.47 Å². The monoisotopic (exact) mass is 644 g/mol. The summed E-state index contributed by atoms with van der Waals surface area (Å²) < 4.78 is 12.0. The molecule has 6 nitrogen and oxygen atoms in total. The van der Waals surface area contributed by atoms with Crippen molar-refractivity contribution in [3.05, 3.63) is 127 Å². The third-order valence-electron chi connectivity index (χ3n) is 5.09. The van der Waals surface area contributed by atoms with Gasteiger partial charge >= 0.3 is 5.97 Å². The van der Waals surface area contributed by atoms with Crippen molar-refractivity contribution in [2.24, 2.45) is 5.10 Å². The number of nitrogens with zero attached hydrogens (tertiary/aromatic N) is 1. The average molecular weight is 645 g/mol. The summed E-state index contributed by atoms with van der Waals surface area (Å²) in [5.74, 6) is 0.204. The Balaban J connectivity index is 1.27. The lowest BCUT2D eigenvalue weighted by molar-refractivity contribution is 0.0733. The van der Waals surface area contributed by atoms with Crippen LogP contribution in [0.3, 0.4) is 0 Å². The molecule has 0 unspecified atom stereocenters. The number of carbonyl (C=O) groups is 2. The first-order valence-electron chi connectivity index (χ1n) is 11.0. The van der Waals surface area contributed by atoms with E-state index in [9.17, 15) is 9.59 Å². The van der Waals surface area contributed by atoms with E-state index in [1.807, 2.05) is 12.1 Å². The minimum absolute atomic E-state index is 0.273. The predicted octanol–water partition coefficient (Wildman–Crippen LogP) is 7.16. The summed E-state index contributed by atoms with van der Waals surface area (Å²) >= 11 is 14.2. The average Bonchev–Trinajstić information content (AvgIpc) is 2.89. The fourth-order valence-electron chi connectivity index (χ4n) is 3.14. The topological polar surface area (TPSA) is 77.0 Å². The van der Waals surface area contributed by atoms with Crippen LogP contribution in [0.25, 0.3) is 0 Å². The van der Waals surface area contributed by atoms with E-state index in [1.165, 1.54) is 6.21 Å². The molecule has 0 aliphatic rings. The van der Waals surface area contributed by atoms with Gasteiger partial charge in [-0.1, -0.05) is 41.4 Å². The Morgan fingerprint density at radius 3 is 2.30 bits per heavy atom. The van der Waals surface area contributed by atoms with Gasteiger partial charge in [-0.15, -0.1) is 0 Å². The molecule has 0 spiro atoms. The molecule has 4 aromatic carbocycles. The van der Waals surface area contributed by atoms with Crippen LogP contribution in [0.1, 0.15) is 31.8 Å². The van der Waals surface area contributed by atoms with Gasteiger partial charge in [0.2, 0.25) is 0 Å². The number of hydrogen-bond acceptors (Lipinski definition) is 5. The van der Waals surface area contributed by atoms with Gasteiger partial charge in [0.1, 0.15) is 18.1 Å². The van der Waals surface area contributed by atoms with Crippen LogP contribution < -0.4 is 14.9 Å². The van der Waals surface area contributed by atoms with Crippen molar-refractivity contribution < 1.29 is 19.1 Å². The van der Waals surface area contributed by atoms with Crippen molar-refractivity contribution in [3.63, 3.8) is 0 Å². The van der Waals surface area contributed by atoms with Crippen molar-refractivity contribution in [1.29, 1.82) is 0 Å². The van der Waals surface area contributed by atoms with Crippen LogP contribution in [0, 0.1) is 3.57 Å². The maximum atomic E-state index is 12.4. The van der Waals surface area contributed by atoms with Crippen molar-refractivity contribution in [2.75, 3.05) is 0 Å². The highest BCUT2D eigenvalue weighted by Crippen LogP contribution is 2.23. The summed E-state index contributed by atoms with van der Waals surface area (Å²) in [4.78, 5) is 24.7. The van der Waals surface area contributed by atoms with Crippen LogP contribution in [0.5, 0.6) is 11.5 Å². The minimum Gasteiger partial charge on any atom is -0.489 e. The number of halogens is 3. The quantitative estimate of drug-likeness (QED) is 0.0726. The molecule has 37 heavy (non-hydrogen) atoms. The highest BCUT2D eigenvalue weighted by Gasteiger charge is 2.11. The standard InChI is InChI=1S/C28H19Cl2IN2O4/c29-21-10-7-20(25(30)15-21)17-36-22-13-8-19(9-14-22)27(34)33-32-16-18-5-11-23(12-6-18)37-28(35)24-3-1-2-4-26(24)31/h1-16H,17H2,(H,33,34)/b32-16-. The fourth-order valence-corrected chi connectivity index (χ4v) is 4.21. The second-order valence-corrected chi connectivity index (χ2v) is 9.69. The van der Waals surface area contributed by atoms with Crippen molar-refractivity contribution in [2.45, 2.75) is 6.61 Å². The molecule has 0 fully saturated rings. The van der Waals surface area contributed by atoms with Crippen molar-refractivity contribution >= 4 is 63.9 Å². The van der Waals surface area contributed by atoms with Crippen LogP contribution in [-0.2, 0) is 6.61 Å². The maximum Gasteiger partial charge on any atom is 0.344 e. The Hall–Kier alpha value is -3.40. The number of amides is 1. The molecule has 1 amide bonds. The predicted molar refractivity (Wildman–Crippen MR) is 153 cm³/mol. The van der Waals surface area contributed by atoms with Gasteiger partial charge in [-0.3, -0.25) is 4.79 Å². The van der Waals surface area contributed by atoms with E-state index in [2.05, 4.69) is 33.1 Å². The zero-order valence-corrected chi connectivity index (χ0v) is 22.8. The largest absolute Gasteiger partial charge is 0.489 e. The molecule has 0 heterocycles. The van der Waals surface area contributed by atoms with Gasteiger partial charge in [0, 0.05) is 24.7 Å².